The first kappa shape index (κ1) is 13.0. The van der Waals surface area contributed by atoms with Gasteiger partial charge in [0.25, 0.3) is 0 Å². The summed E-state index contributed by atoms with van der Waals surface area (Å²) in [6.45, 7) is 4.05. The van der Waals surface area contributed by atoms with E-state index in [1.54, 1.807) is 0 Å². The Hall–Kier alpha value is -1.08. The molecule has 1 aromatic rings. The zero-order chi connectivity index (χ0) is 11.8. The van der Waals surface area contributed by atoms with Crippen LogP contribution in [0, 0.1) is 0 Å². The molecule has 1 rings (SSSR count). The smallest absolute Gasteiger partial charge is 0.0725 e. The van der Waals surface area contributed by atoms with E-state index in [9.17, 15) is 5.11 Å². The van der Waals surface area contributed by atoms with Gasteiger partial charge in [-0.25, -0.2) is 0 Å². The summed E-state index contributed by atoms with van der Waals surface area (Å²) in [5.41, 5.74) is 2.31. The third kappa shape index (κ3) is 4.63. The zero-order valence-electron chi connectivity index (χ0n) is 10.3. The van der Waals surface area contributed by atoms with Gasteiger partial charge in [0.1, 0.15) is 0 Å². The second-order valence-electron chi connectivity index (χ2n) is 4.26. The summed E-state index contributed by atoms with van der Waals surface area (Å²) in [6, 6.07) is 10.2. The topological polar surface area (TPSA) is 20.2 Å². The van der Waals surface area contributed by atoms with Gasteiger partial charge in [0.15, 0.2) is 0 Å². The van der Waals surface area contributed by atoms with Gasteiger partial charge in [0.2, 0.25) is 0 Å². The van der Waals surface area contributed by atoms with Crippen molar-refractivity contribution in [2.75, 3.05) is 0 Å². The molecule has 0 aliphatic heterocycles. The van der Waals surface area contributed by atoms with Crippen LogP contribution in [0.15, 0.2) is 35.9 Å². The van der Waals surface area contributed by atoms with Gasteiger partial charge in [-0.3, -0.25) is 0 Å². The lowest BCUT2D eigenvalue weighted by Gasteiger charge is -2.10. The van der Waals surface area contributed by atoms with E-state index in [0.717, 1.165) is 12.0 Å². The van der Waals surface area contributed by atoms with Crippen LogP contribution in [0.4, 0.5) is 0 Å². The first-order chi connectivity index (χ1) is 7.74. The van der Waals surface area contributed by atoms with Gasteiger partial charge in [0, 0.05) is 0 Å². The lowest BCUT2D eigenvalue weighted by Crippen LogP contribution is -2.04. The predicted octanol–water partition coefficient (Wildman–Crippen LogP) is 4.03. The van der Waals surface area contributed by atoms with Crippen molar-refractivity contribution in [1.82, 2.24) is 0 Å². The Morgan fingerprint density at radius 1 is 1.25 bits per heavy atom. The van der Waals surface area contributed by atoms with E-state index in [0.29, 0.717) is 0 Å². The van der Waals surface area contributed by atoms with Crippen molar-refractivity contribution in [3.05, 3.63) is 41.5 Å². The van der Waals surface area contributed by atoms with E-state index in [1.807, 2.05) is 25.1 Å². The largest absolute Gasteiger partial charge is 0.389 e. The van der Waals surface area contributed by atoms with Crippen LogP contribution in [0.2, 0.25) is 0 Å². The third-order valence-electron chi connectivity index (χ3n) is 2.76. The van der Waals surface area contributed by atoms with E-state index in [2.05, 4.69) is 25.1 Å². The number of aliphatic hydroxyl groups is 1. The van der Waals surface area contributed by atoms with Gasteiger partial charge >= 0.3 is 0 Å². The SMILES string of the molecule is CCCCC/C(=C/c1ccccc1)C(C)O. The molecule has 88 valence electrons. The van der Waals surface area contributed by atoms with Crippen molar-refractivity contribution in [1.29, 1.82) is 0 Å². The number of benzene rings is 1. The van der Waals surface area contributed by atoms with Crippen LogP contribution in [0.3, 0.4) is 0 Å². The standard InChI is InChI=1S/C15H22O/c1-3-4-6-11-15(13(2)16)12-14-9-7-5-8-10-14/h5,7-10,12-13,16H,3-4,6,11H2,1-2H3/b15-12-. The van der Waals surface area contributed by atoms with Crippen molar-refractivity contribution in [2.24, 2.45) is 0 Å². The Kier molecular flexibility index (Phi) is 5.87. The molecular weight excluding hydrogens is 196 g/mol. The normalized spacial score (nSPS) is 13.8. The van der Waals surface area contributed by atoms with Gasteiger partial charge in [-0.2, -0.15) is 0 Å². The molecule has 1 aromatic carbocycles. The third-order valence-corrected chi connectivity index (χ3v) is 2.76. The number of hydrogen-bond acceptors (Lipinski definition) is 1. The molecule has 1 heteroatoms. The van der Waals surface area contributed by atoms with Crippen LogP contribution >= 0.6 is 0 Å². The number of hydrogen-bond donors (Lipinski definition) is 1. The van der Waals surface area contributed by atoms with Gasteiger partial charge < -0.3 is 5.11 Å². The van der Waals surface area contributed by atoms with Crippen molar-refractivity contribution in [3.63, 3.8) is 0 Å². The van der Waals surface area contributed by atoms with E-state index in [-0.39, 0.29) is 6.10 Å². The molecule has 0 saturated carbocycles. The fourth-order valence-electron chi connectivity index (χ4n) is 1.74. The van der Waals surface area contributed by atoms with Crippen LogP contribution in [0.1, 0.15) is 45.1 Å². The molecule has 0 aromatic heterocycles. The fourth-order valence-corrected chi connectivity index (χ4v) is 1.74. The lowest BCUT2D eigenvalue weighted by molar-refractivity contribution is 0.227. The van der Waals surface area contributed by atoms with Crippen molar-refractivity contribution in [2.45, 2.75) is 45.6 Å². The van der Waals surface area contributed by atoms with Crippen LogP contribution < -0.4 is 0 Å². The van der Waals surface area contributed by atoms with Gasteiger partial charge in [-0.1, -0.05) is 56.2 Å². The summed E-state index contributed by atoms with van der Waals surface area (Å²) < 4.78 is 0. The minimum Gasteiger partial charge on any atom is -0.389 e. The van der Waals surface area contributed by atoms with Gasteiger partial charge in [-0.15, -0.1) is 0 Å². The molecule has 1 atom stereocenters. The maximum Gasteiger partial charge on any atom is 0.0725 e. The van der Waals surface area contributed by atoms with E-state index in [4.69, 9.17) is 0 Å². The molecule has 0 spiro atoms. The minimum atomic E-state index is -0.336. The van der Waals surface area contributed by atoms with E-state index >= 15 is 0 Å². The highest BCUT2D eigenvalue weighted by Gasteiger charge is 2.04. The highest BCUT2D eigenvalue weighted by atomic mass is 16.3. The first-order valence-corrected chi connectivity index (χ1v) is 6.17. The number of rotatable bonds is 6. The van der Waals surface area contributed by atoms with Crippen LogP contribution in [-0.4, -0.2) is 11.2 Å². The van der Waals surface area contributed by atoms with Crippen molar-refractivity contribution in [3.8, 4) is 0 Å². The molecule has 0 fully saturated rings. The summed E-state index contributed by atoms with van der Waals surface area (Å²) in [7, 11) is 0. The second kappa shape index (κ2) is 7.24. The maximum atomic E-state index is 9.70. The molecule has 0 amide bonds. The summed E-state index contributed by atoms with van der Waals surface area (Å²) >= 11 is 0. The average Bonchev–Trinajstić information content (AvgIpc) is 2.29. The maximum absolute atomic E-state index is 9.70. The molecule has 0 bridgehead atoms. The van der Waals surface area contributed by atoms with Crippen molar-refractivity contribution >= 4 is 6.08 Å². The second-order valence-corrected chi connectivity index (χ2v) is 4.26. The molecule has 1 N–H and O–H groups in total. The Morgan fingerprint density at radius 3 is 2.50 bits per heavy atom. The van der Waals surface area contributed by atoms with Crippen LogP contribution in [-0.2, 0) is 0 Å². The van der Waals surface area contributed by atoms with Crippen molar-refractivity contribution < 1.29 is 5.11 Å². The first-order valence-electron chi connectivity index (χ1n) is 6.17. The van der Waals surface area contributed by atoms with E-state index in [1.165, 1.54) is 24.8 Å². The molecule has 0 saturated heterocycles. The molecule has 1 nitrogen and oxygen atoms in total. The molecule has 0 aliphatic rings. The number of unbranched alkanes of at least 4 members (excludes halogenated alkanes) is 2. The Balaban J connectivity index is 2.66. The summed E-state index contributed by atoms with van der Waals surface area (Å²) in [4.78, 5) is 0. The minimum absolute atomic E-state index is 0.336. The van der Waals surface area contributed by atoms with Crippen LogP contribution in [0.25, 0.3) is 6.08 Å². The zero-order valence-corrected chi connectivity index (χ0v) is 10.3. The lowest BCUT2D eigenvalue weighted by atomic mass is 10.0. The molecular formula is C15H22O. The molecule has 0 heterocycles. The molecule has 1 unspecified atom stereocenters. The Labute approximate surface area is 98.8 Å². The highest BCUT2D eigenvalue weighted by molar-refractivity contribution is 5.53. The van der Waals surface area contributed by atoms with Gasteiger partial charge in [-0.05, 0) is 30.9 Å². The highest BCUT2D eigenvalue weighted by Crippen LogP contribution is 2.16. The van der Waals surface area contributed by atoms with E-state index < -0.39 is 0 Å². The molecule has 16 heavy (non-hydrogen) atoms. The number of aliphatic hydroxyl groups excluding tert-OH is 1. The summed E-state index contributed by atoms with van der Waals surface area (Å²) in [5, 5.41) is 9.70. The quantitative estimate of drug-likeness (QED) is 0.715. The average molecular weight is 218 g/mol. The predicted molar refractivity (Wildman–Crippen MR) is 70.2 cm³/mol. The monoisotopic (exact) mass is 218 g/mol. The fraction of sp³-hybridized carbons (Fsp3) is 0.467. The summed E-state index contributed by atoms with van der Waals surface area (Å²) in [6.07, 6.45) is 6.40. The Bertz CT molecular complexity index is 311. The Morgan fingerprint density at radius 2 is 1.94 bits per heavy atom. The summed E-state index contributed by atoms with van der Waals surface area (Å²) in [5.74, 6) is 0. The molecule has 0 radical (unpaired) electrons. The van der Waals surface area contributed by atoms with Gasteiger partial charge in [0.05, 0.1) is 6.10 Å². The van der Waals surface area contributed by atoms with Crippen LogP contribution in [0.5, 0.6) is 0 Å². The molecule has 0 aliphatic carbocycles.